The normalized spacial score (nSPS) is 12.8. The standard InChI is InChI=1S/C18H26N2/c1-8-17(15(5)13(2)3)18-10-9-16(11-14(18)4)12-19-20(6)7/h8-13H,1H2,2-7H3/b17-15+,19-12+. The number of benzene rings is 1. The van der Waals surface area contributed by atoms with E-state index in [1.165, 1.54) is 22.3 Å². The van der Waals surface area contributed by atoms with Gasteiger partial charge in [-0.25, -0.2) is 0 Å². The summed E-state index contributed by atoms with van der Waals surface area (Å²) in [5.41, 5.74) is 6.24. The molecule has 1 rings (SSSR count). The number of aryl methyl sites for hydroxylation is 1. The summed E-state index contributed by atoms with van der Waals surface area (Å²) in [5.74, 6) is 0.525. The molecule has 0 aliphatic heterocycles. The first kappa shape index (κ1) is 16.2. The minimum absolute atomic E-state index is 0.525. The van der Waals surface area contributed by atoms with Gasteiger partial charge in [-0.05, 0) is 48.1 Å². The molecule has 0 unspecified atom stereocenters. The number of rotatable bonds is 5. The van der Waals surface area contributed by atoms with Crippen molar-refractivity contribution >= 4 is 11.8 Å². The van der Waals surface area contributed by atoms with Gasteiger partial charge in [0, 0.05) is 14.1 Å². The average Bonchev–Trinajstić information content (AvgIpc) is 2.38. The highest BCUT2D eigenvalue weighted by atomic mass is 15.4. The number of hydrazone groups is 1. The summed E-state index contributed by atoms with van der Waals surface area (Å²) in [6.07, 6.45) is 3.84. The first-order valence-electron chi connectivity index (χ1n) is 7.02. The highest BCUT2D eigenvalue weighted by Gasteiger charge is 2.08. The molecule has 0 saturated carbocycles. The van der Waals surface area contributed by atoms with Gasteiger partial charge in [0.1, 0.15) is 0 Å². The second-order valence-electron chi connectivity index (χ2n) is 5.62. The number of hydrogen-bond donors (Lipinski definition) is 0. The molecule has 2 nitrogen and oxygen atoms in total. The average molecular weight is 270 g/mol. The molecule has 108 valence electrons. The fraction of sp³-hybridized carbons (Fsp3) is 0.389. The Morgan fingerprint density at radius 3 is 2.40 bits per heavy atom. The molecule has 0 aromatic heterocycles. The van der Waals surface area contributed by atoms with Crippen molar-refractivity contribution in [3.8, 4) is 0 Å². The summed E-state index contributed by atoms with van der Waals surface area (Å²) in [5, 5.41) is 6.06. The van der Waals surface area contributed by atoms with Crippen molar-refractivity contribution in [2.75, 3.05) is 14.1 Å². The Labute approximate surface area is 123 Å². The van der Waals surface area contributed by atoms with Gasteiger partial charge in [0.15, 0.2) is 0 Å². The van der Waals surface area contributed by atoms with E-state index >= 15 is 0 Å². The molecule has 0 atom stereocenters. The van der Waals surface area contributed by atoms with Crippen LogP contribution in [0.4, 0.5) is 0 Å². The van der Waals surface area contributed by atoms with E-state index in [0.717, 1.165) is 5.56 Å². The highest BCUT2D eigenvalue weighted by Crippen LogP contribution is 2.27. The molecule has 0 N–H and O–H groups in total. The Hall–Kier alpha value is -1.83. The van der Waals surface area contributed by atoms with E-state index in [2.05, 4.69) is 57.6 Å². The molecule has 1 aromatic rings. The van der Waals surface area contributed by atoms with Crippen molar-refractivity contribution < 1.29 is 0 Å². The molecular weight excluding hydrogens is 244 g/mol. The van der Waals surface area contributed by atoms with Crippen molar-refractivity contribution in [1.82, 2.24) is 5.01 Å². The van der Waals surface area contributed by atoms with Crippen molar-refractivity contribution in [3.63, 3.8) is 0 Å². The Kier molecular flexibility index (Phi) is 5.75. The number of hydrogen-bond acceptors (Lipinski definition) is 2. The highest BCUT2D eigenvalue weighted by molar-refractivity contribution is 5.83. The van der Waals surface area contributed by atoms with Gasteiger partial charge >= 0.3 is 0 Å². The van der Waals surface area contributed by atoms with Gasteiger partial charge in [-0.1, -0.05) is 44.2 Å². The van der Waals surface area contributed by atoms with E-state index in [-0.39, 0.29) is 0 Å². The van der Waals surface area contributed by atoms with Crippen LogP contribution in [-0.4, -0.2) is 25.3 Å². The van der Waals surface area contributed by atoms with E-state index in [0.29, 0.717) is 5.92 Å². The van der Waals surface area contributed by atoms with Gasteiger partial charge in [-0.15, -0.1) is 0 Å². The largest absolute Gasteiger partial charge is 0.303 e. The maximum atomic E-state index is 4.27. The number of allylic oxidation sites excluding steroid dienone is 3. The maximum Gasteiger partial charge on any atom is 0.0542 e. The Morgan fingerprint density at radius 2 is 1.95 bits per heavy atom. The third-order valence-electron chi connectivity index (χ3n) is 3.47. The molecule has 0 amide bonds. The molecule has 0 fully saturated rings. The molecule has 0 radical (unpaired) electrons. The lowest BCUT2D eigenvalue weighted by Crippen LogP contribution is -2.02. The van der Waals surface area contributed by atoms with E-state index in [1.54, 1.807) is 5.01 Å². The fourth-order valence-corrected chi connectivity index (χ4v) is 2.05. The SMILES string of the molecule is C=C/C(=C(/C)C(C)C)c1ccc(/C=N/N(C)C)cc1C. The number of nitrogens with zero attached hydrogens (tertiary/aromatic N) is 2. The summed E-state index contributed by atoms with van der Waals surface area (Å²) >= 11 is 0. The lowest BCUT2D eigenvalue weighted by atomic mass is 9.91. The Balaban J connectivity index is 3.22. The minimum Gasteiger partial charge on any atom is -0.303 e. The van der Waals surface area contributed by atoms with Crippen LogP contribution < -0.4 is 0 Å². The Bertz CT molecular complexity index is 534. The van der Waals surface area contributed by atoms with Crippen LogP contribution in [0.1, 0.15) is 37.5 Å². The second kappa shape index (κ2) is 7.09. The van der Waals surface area contributed by atoms with Gasteiger partial charge in [-0.2, -0.15) is 5.10 Å². The summed E-state index contributed by atoms with van der Waals surface area (Å²) in [4.78, 5) is 0. The Morgan fingerprint density at radius 1 is 1.30 bits per heavy atom. The third-order valence-corrected chi connectivity index (χ3v) is 3.47. The smallest absolute Gasteiger partial charge is 0.0542 e. The van der Waals surface area contributed by atoms with E-state index in [4.69, 9.17) is 0 Å². The quantitative estimate of drug-likeness (QED) is 0.437. The molecule has 0 heterocycles. The zero-order valence-corrected chi connectivity index (χ0v) is 13.6. The zero-order valence-electron chi connectivity index (χ0n) is 13.6. The lowest BCUT2D eigenvalue weighted by molar-refractivity contribution is 0.440. The second-order valence-corrected chi connectivity index (χ2v) is 5.62. The predicted molar refractivity (Wildman–Crippen MR) is 90.1 cm³/mol. The van der Waals surface area contributed by atoms with Gasteiger partial charge in [0.05, 0.1) is 6.21 Å². The molecular formula is C18H26N2. The van der Waals surface area contributed by atoms with Gasteiger partial charge in [-0.3, -0.25) is 0 Å². The summed E-state index contributed by atoms with van der Waals surface area (Å²) in [7, 11) is 3.84. The first-order chi connectivity index (χ1) is 9.36. The van der Waals surface area contributed by atoms with Crippen LogP contribution in [0.15, 0.2) is 41.5 Å². The molecule has 0 aliphatic carbocycles. The van der Waals surface area contributed by atoms with Crippen LogP contribution in [0.5, 0.6) is 0 Å². The van der Waals surface area contributed by atoms with Gasteiger partial charge < -0.3 is 5.01 Å². The lowest BCUT2D eigenvalue weighted by Gasteiger charge is -2.15. The topological polar surface area (TPSA) is 15.6 Å². The molecule has 2 heteroatoms. The predicted octanol–water partition coefficient (Wildman–Crippen LogP) is 4.51. The van der Waals surface area contributed by atoms with Crippen molar-refractivity contribution in [2.24, 2.45) is 11.0 Å². The summed E-state index contributed by atoms with van der Waals surface area (Å²) in [6.45, 7) is 12.7. The van der Waals surface area contributed by atoms with Gasteiger partial charge in [0.2, 0.25) is 0 Å². The van der Waals surface area contributed by atoms with Crippen LogP contribution in [0, 0.1) is 12.8 Å². The van der Waals surface area contributed by atoms with Crippen LogP contribution in [0.3, 0.4) is 0 Å². The van der Waals surface area contributed by atoms with Crippen LogP contribution in [0.25, 0.3) is 5.57 Å². The minimum atomic E-state index is 0.525. The first-order valence-corrected chi connectivity index (χ1v) is 7.02. The van der Waals surface area contributed by atoms with Crippen molar-refractivity contribution in [2.45, 2.75) is 27.7 Å². The summed E-state index contributed by atoms with van der Waals surface area (Å²) < 4.78 is 0. The van der Waals surface area contributed by atoms with Crippen LogP contribution in [-0.2, 0) is 0 Å². The molecule has 0 bridgehead atoms. The fourth-order valence-electron chi connectivity index (χ4n) is 2.05. The van der Waals surface area contributed by atoms with Crippen LogP contribution in [0.2, 0.25) is 0 Å². The molecule has 1 aromatic carbocycles. The maximum absolute atomic E-state index is 4.27. The third kappa shape index (κ3) is 4.09. The van der Waals surface area contributed by atoms with Crippen molar-refractivity contribution in [1.29, 1.82) is 0 Å². The monoisotopic (exact) mass is 270 g/mol. The summed E-state index contributed by atoms with van der Waals surface area (Å²) in [6, 6.07) is 6.43. The van der Waals surface area contributed by atoms with Gasteiger partial charge in [0.25, 0.3) is 0 Å². The molecule has 0 aliphatic rings. The van der Waals surface area contributed by atoms with Crippen LogP contribution >= 0.6 is 0 Å². The van der Waals surface area contributed by atoms with E-state index in [9.17, 15) is 0 Å². The molecule has 0 spiro atoms. The van der Waals surface area contributed by atoms with Crippen molar-refractivity contribution in [3.05, 3.63) is 53.1 Å². The molecule has 0 saturated heterocycles. The van der Waals surface area contributed by atoms with E-state index < -0.39 is 0 Å². The van der Waals surface area contributed by atoms with E-state index in [1.807, 2.05) is 26.4 Å². The molecule has 20 heavy (non-hydrogen) atoms. The zero-order chi connectivity index (χ0) is 15.3.